The number of hydrogen-bond donors (Lipinski definition) is 0. The van der Waals surface area contributed by atoms with Crippen LogP contribution < -0.4 is 14.2 Å². The summed E-state index contributed by atoms with van der Waals surface area (Å²) >= 11 is 0. The van der Waals surface area contributed by atoms with Gasteiger partial charge in [0, 0.05) is 11.6 Å². The second-order valence-corrected chi connectivity index (χ2v) is 6.44. The van der Waals surface area contributed by atoms with Gasteiger partial charge in [0.2, 0.25) is 0 Å². The Balaban J connectivity index is 1.75. The van der Waals surface area contributed by atoms with E-state index in [-0.39, 0.29) is 11.5 Å². The molecule has 27 heavy (non-hydrogen) atoms. The predicted molar refractivity (Wildman–Crippen MR) is 102 cm³/mol. The van der Waals surface area contributed by atoms with E-state index in [1.165, 1.54) is 25.8 Å². The Labute approximate surface area is 158 Å². The van der Waals surface area contributed by atoms with E-state index in [1.807, 2.05) is 18.2 Å². The maximum Gasteiger partial charge on any atom is 0.336 e. The second kappa shape index (κ2) is 8.54. The van der Waals surface area contributed by atoms with Crippen molar-refractivity contribution in [3.05, 3.63) is 59.7 Å². The molecule has 1 saturated carbocycles. The van der Waals surface area contributed by atoms with Gasteiger partial charge < -0.3 is 14.2 Å². The molecule has 140 valence electrons. The summed E-state index contributed by atoms with van der Waals surface area (Å²) in [6.45, 7) is 2.07. The molecule has 1 fully saturated rings. The van der Waals surface area contributed by atoms with Crippen LogP contribution in [0.5, 0.6) is 17.2 Å². The van der Waals surface area contributed by atoms with Crippen LogP contribution in [0.25, 0.3) is 6.08 Å². The van der Waals surface area contributed by atoms with E-state index in [0.717, 1.165) is 5.56 Å². The molecule has 0 aromatic heterocycles. The number of rotatable bonds is 8. The summed E-state index contributed by atoms with van der Waals surface area (Å²) in [7, 11) is 1.58. The van der Waals surface area contributed by atoms with E-state index in [4.69, 9.17) is 14.2 Å². The van der Waals surface area contributed by atoms with Gasteiger partial charge in [-0.2, -0.15) is 0 Å². The van der Waals surface area contributed by atoms with Crippen molar-refractivity contribution in [2.24, 2.45) is 5.92 Å². The quantitative estimate of drug-likeness (QED) is 0.302. The summed E-state index contributed by atoms with van der Waals surface area (Å²) in [4.78, 5) is 23.8. The number of carbonyl (C=O) groups is 2. The lowest BCUT2D eigenvalue weighted by molar-refractivity contribution is -0.128. The smallest absolute Gasteiger partial charge is 0.336 e. The molecule has 0 unspecified atom stereocenters. The standard InChI is InChI=1S/C22H22O5/c1-15(23)18-7-3-4-8-19(18)27-21(24)13-12-17-6-5-9-20(25-2)22(17)26-14-16-10-11-16/h3-9,12-13,16H,10-11,14H2,1-2H3/b13-12+. The highest BCUT2D eigenvalue weighted by atomic mass is 16.5. The van der Waals surface area contributed by atoms with Crippen LogP contribution in [-0.2, 0) is 4.79 Å². The molecule has 5 heteroatoms. The van der Waals surface area contributed by atoms with E-state index in [2.05, 4.69) is 0 Å². The Morgan fingerprint density at radius 1 is 1.07 bits per heavy atom. The number of methoxy groups -OCH3 is 1. The summed E-state index contributed by atoms with van der Waals surface area (Å²) in [5, 5.41) is 0. The minimum Gasteiger partial charge on any atom is -0.493 e. The van der Waals surface area contributed by atoms with Crippen molar-refractivity contribution in [1.29, 1.82) is 0 Å². The average Bonchev–Trinajstić information content (AvgIpc) is 3.49. The van der Waals surface area contributed by atoms with Gasteiger partial charge in [-0.25, -0.2) is 4.79 Å². The third-order valence-electron chi connectivity index (χ3n) is 4.27. The molecular formula is C22H22O5. The molecule has 0 amide bonds. The van der Waals surface area contributed by atoms with Crippen LogP contribution >= 0.6 is 0 Å². The molecule has 0 radical (unpaired) electrons. The van der Waals surface area contributed by atoms with Crippen LogP contribution in [-0.4, -0.2) is 25.5 Å². The van der Waals surface area contributed by atoms with Crippen molar-refractivity contribution < 1.29 is 23.8 Å². The topological polar surface area (TPSA) is 61.8 Å². The van der Waals surface area contributed by atoms with Gasteiger partial charge in [0.1, 0.15) is 5.75 Å². The Morgan fingerprint density at radius 3 is 2.52 bits per heavy atom. The van der Waals surface area contributed by atoms with Crippen molar-refractivity contribution in [2.75, 3.05) is 13.7 Å². The molecule has 0 saturated heterocycles. The number of ether oxygens (including phenoxy) is 3. The van der Waals surface area contributed by atoms with Crippen LogP contribution in [0.1, 0.15) is 35.7 Å². The van der Waals surface area contributed by atoms with Crippen molar-refractivity contribution in [1.82, 2.24) is 0 Å². The second-order valence-electron chi connectivity index (χ2n) is 6.44. The summed E-state index contributed by atoms with van der Waals surface area (Å²) in [5.41, 5.74) is 1.10. The lowest BCUT2D eigenvalue weighted by Crippen LogP contribution is -2.07. The van der Waals surface area contributed by atoms with Gasteiger partial charge in [0.15, 0.2) is 17.3 Å². The number of benzene rings is 2. The molecule has 5 nitrogen and oxygen atoms in total. The summed E-state index contributed by atoms with van der Waals surface area (Å²) in [6, 6.07) is 12.2. The number of hydrogen-bond acceptors (Lipinski definition) is 5. The molecule has 2 aromatic rings. The number of ketones is 1. The van der Waals surface area contributed by atoms with Gasteiger partial charge >= 0.3 is 5.97 Å². The summed E-state index contributed by atoms with van der Waals surface area (Å²) in [5.74, 6) is 1.34. The van der Waals surface area contributed by atoms with Crippen molar-refractivity contribution >= 4 is 17.8 Å². The Kier molecular flexibility index (Phi) is 5.91. The molecule has 0 bridgehead atoms. The zero-order chi connectivity index (χ0) is 19.2. The largest absolute Gasteiger partial charge is 0.493 e. The number of Topliss-reactive ketones (excluding diaryl/α,β-unsaturated/α-hetero) is 1. The molecule has 1 aliphatic carbocycles. The van der Waals surface area contributed by atoms with Crippen molar-refractivity contribution in [3.63, 3.8) is 0 Å². The minimum absolute atomic E-state index is 0.161. The van der Waals surface area contributed by atoms with Crippen LogP contribution in [0.2, 0.25) is 0 Å². The first-order chi connectivity index (χ1) is 13.1. The number of para-hydroxylation sites is 2. The zero-order valence-corrected chi connectivity index (χ0v) is 15.4. The number of esters is 1. The van der Waals surface area contributed by atoms with Crippen molar-refractivity contribution in [3.8, 4) is 17.2 Å². The predicted octanol–water partition coefficient (Wildman–Crippen LogP) is 4.31. The lowest BCUT2D eigenvalue weighted by atomic mass is 10.1. The first-order valence-corrected chi connectivity index (χ1v) is 8.88. The average molecular weight is 366 g/mol. The molecule has 3 rings (SSSR count). The van der Waals surface area contributed by atoms with Crippen LogP contribution in [0.15, 0.2) is 48.5 Å². The fraction of sp³-hybridized carbons (Fsp3) is 0.273. The Bertz CT molecular complexity index is 865. The molecule has 0 atom stereocenters. The highest BCUT2D eigenvalue weighted by Gasteiger charge is 2.23. The van der Waals surface area contributed by atoms with E-state index in [0.29, 0.717) is 29.6 Å². The van der Waals surface area contributed by atoms with E-state index in [1.54, 1.807) is 37.5 Å². The van der Waals surface area contributed by atoms with Gasteiger partial charge in [-0.3, -0.25) is 4.79 Å². The lowest BCUT2D eigenvalue weighted by Gasteiger charge is -2.13. The summed E-state index contributed by atoms with van der Waals surface area (Å²) < 4.78 is 16.6. The molecule has 0 heterocycles. The molecule has 0 N–H and O–H groups in total. The molecule has 0 aliphatic heterocycles. The first kappa shape index (κ1) is 18.7. The van der Waals surface area contributed by atoms with Gasteiger partial charge in [0.05, 0.1) is 19.3 Å². The van der Waals surface area contributed by atoms with Crippen LogP contribution in [0, 0.1) is 5.92 Å². The Hall–Kier alpha value is -3.08. The maximum atomic E-state index is 12.2. The van der Waals surface area contributed by atoms with E-state index >= 15 is 0 Å². The third-order valence-corrected chi connectivity index (χ3v) is 4.27. The van der Waals surface area contributed by atoms with Gasteiger partial charge in [-0.05, 0) is 50.0 Å². The maximum absolute atomic E-state index is 12.2. The first-order valence-electron chi connectivity index (χ1n) is 8.88. The number of carbonyl (C=O) groups excluding carboxylic acids is 2. The van der Waals surface area contributed by atoms with Crippen LogP contribution in [0.4, 0.5) is 0 Å². The molecule has 1 aliphatic rings. The monoisotopic (exact) mass is 366 g/mol. The SMILES string of the molecule is COc1cccc(/C=C/C(=O)Oc2ccccc2C(C)=O)c1OCC1CC1. The molecule has 0 spiro atoms. The highest BCUT2D eigenvalue weighted by Crippen LogP contribution is 2.35. The summed E-state index contributed by atoms with van der Waals surface area (Å²) in [6.07, 6.45) is 5.31. The van der Waals surface area contributed by atoms with Gasteiger partial charge in [-0.15, -0.1) is 0 Å². The fourth-order valence-corrected chi connectivity index (χ4v) is 2.61. The van der Waals surface area contributed by atoms with Crippen LogP contribution in [0.3, 0.4) is 0 Å². The Morgan fingerprint density at radius 2 is 1.81 bits per heavy atom. The fourth-order valence-electron chi connectivity index (χ4n) is 2.61. The van der Waals surface area contributed by atoms with Crippen molar-refractivity contribution in [2.45, 2.75) is 19.8 Å². The van der Waals surface area contributed by atoms with E-state index < -0.39 is 5.97 Å². The normalized spacial score (nSPS) is 13.4. The highest BCUT2D eigenvalue weighted by molar-refractivity contribution is 5.98. The zero-order valence-electron chi connectivity index (χ0n) is 15.4. The van der Waals surface area contributed by atoms with E-state index in [9.17, 15) is 9.59 Å². The van der Waals surface area contributed by atoms with Gasteiger partial charge in [-0.1, -0.05) is 24.3 Å². The third kappa shape index (κ3) is 4.97. The molecular weight excluding hydrogens is 344 g/mol. The molecule has 2 aromatic carbocycles. The van der Waals surface area contributed by atoms with Gasteiger partial charge in [0.25, 0.3) is 0 Å². The minimum atomic E-state index is -0.570.